The molecule has 0 saturated heterocycles. The third kappa shape index (κ3) is 26.2. The zero-order valence-electron chi connectivity index (χ0n) is 43.0. The van der Waals surface area contributed by atoms with Gasteiger partial charge in [0.1, 0.15) is 36.2 Å². The van der Waals surface area contributed by atoms with E-state index in [1.165, 1.54) is 6.07 Å². The van der Waals surface area contributed by atoms with Crippen LogP contribution >= 0.6 is 0 Å². The smallest absolute Gasteiger partial charge is 0.326 e. The third-order valence-corrected chi connectivity index (χ3v) is 12.9. The summed E-state index contributed by atoms with van der Waals surface area (Å²) in [6.45, 7) is 8.25. The Hall–Kier alpha value is -6.41. The van der Waals surface area contributed by atoms with Crippen molar-refractivity contribution in [3.05, 3.63) is 65.2 Å². The summed E-state index contributed by atoms with van der Waals surface area (Å²) in [6, 6.07) is 8.09. The number of carboxylic acid groups (broad SMARTS) is 4. The number of rotatable bonds is 40. The molecular formula is C53H80N6O14. The highest BCUT2D eigenvalue weighted by molar-refractivity contribution is 5.94. The molecule has 6 unspecified atom stereocenters. The first-order valence-corrected chi connectivity index (χ1v) is 25.5. The minimum atomic E-state index is -1.34. The molecule has 0 saturated carbocycles. The number of phenolic OH excluding ortho intramolecular Hbond substituents is 1. The third-order valence-electron chi connectivity index (χ3n) is 12.9. The van der Waals surface area contributed by atoms with E-state index in [4.69, 9.17) is 0 Å². The van der Waals surface area contributed by atoms with Gasteiger partial charge in [-0.25, -0.2) is 4.79 Å². The molecule has 2 rings (SSSR count). The van der Waals surface area contributed by atoms with Crippen molar-refractivity contribution in [2.45, 2.75) is 155 Å². The molecule has 4 amide bonds. The molecule has 0 bridgehead atoms. The van der Waals surface area contributed by atoms with Gasteiger partial charge in [-0.3, -0.25) is 43.4 Å². The van der Waals surface area contributed by atoms with E-state index >= 15 is 0 Å². The maximum absolute atomic E-state index is 14.4. The van der Waals surface area contributed by atoms with E-state index in [0.29, 0.717) is 74.7 Å². The van der Waals surface area contributed by atoms with Crippen molar-refractivity contribution in [3.63, 3.8) is 0 Å². The lowest BCUT2D eigenvalue weighted by Gasteiger charge is -2.32. The molecule has 406 valence electrons. The fourth-order valence-electron chi connectivity index (χ4n) is 8.40. The van der Waals surface area contributed by atoms with Gasteiger partial charge in [-0.2, -0.15) is 0 Å². The van der Waals surface area contributed by atoms with Crippen molar-refractivity contribution in [2.24, 2.45) is 11.8 Å². The van der Waals surface area contributed by atoms with Crippen LogP contribution in [-0.4, -0.2) is 153 Å². The lowest BCUT2D eigenvalue weighted by molar-refractivity contribution is -0.145. The van der Waals surface area contributed by atoms with Crippen LogP contribution in [0.2, 0.25) is 0 Å². The summed E-state index contributed by atoms with van der Waals surface area (Å²) < 4.78 is 0. The van der Waals surface area contributed by atoms with Crippen LogP contribution in [0.25, 0.3) is 0 Å². The molecule has 0 heterocycles. The standard InChI is InChI=1S/C53H80N6O14/c1-5-26-58(35-49(66)67)28-29-59(27-24-36(2)37(3)32-48(64)65)44(53(72)73)21-23-47(63)55-42(34-40-20-22-45(61)38(4)31-40)50(68)57-43(33-39-16-10-9-11-17-39)51(69)56-41(52(70)71)18-13-14-25-54-46(62)19-12-7-6-8-15-30-60/h9-11,16-17,20,22,30-31,36-37,41-44,61H,5-8,12-15,18-19,21,23-29,32-35H2,1-4H3,(H,54,62)(H,55,63)(H,56,69)(H,57,68)(H,64,65)(H,66,67)(H,70,71)(H,72,73). The number of nitrogens with one attached hydrogen (secondary N) is 4. The quantitative estimate of drug-likeness (QED) is 0.0332. The Morgan fingerprint density at radius 1 is 0.630 bits per heavy atom. The number of carbonyl (C=O) groups is 9. The average molecular weight is 1030 g/mol. The van der Waals surface area contributed by atoms with E-state index in [1.807, 2.05) is 13.8 Å². The molecule has 2 aromatic rings. The minimum absolute atomic E-state index is 0.00320. The molecule has 0 radical (unpaired) electrons. The van der Waals surface area contributed by atoms with Crippen molar-refractivity contribution in [2.75, 3.05) is 39.3 Å². The SMILES string of the molecule is CCCN(CCN(CCC(C)C(C)CC(=O)O)C(CCC(=O)NC(Cc1ccc(O)c(C)c1)C(=O)NC(Cc1ccccc1)C(=O)NC(CCCCNC(=O)CCCCCCC=O)C(=O)O)C(=O)O)CC(=O)O. The van der Waals surface area contributed by atoms with Crippen molar-refractivity contribution < 1.29 is 68.7 Å². The molecule has 9 N–H and O–H groups in total. The van der Waals surface area contributed by atoms with Crippen molar-refractivity contribution in [1.82, 2.24) is 31.1 Å². The normalized spacial score (nSPS) is 13.7. The number of carbonyl (C=O) groups excluding carboxylic acids is 5. The van der Waals surface area contributed by atoms with E-state index < -0.39 is 65.8 Å². The molecule has 2 aromatic carbocycles. The van der Waals surface area contributed by atoms with Crippen molar-refractivity contribution in [1.29, 1.82) is 0 Å². The number of aryl methyl sites for hydroxylation is 1. The molecular weight excluding hydrogens is 945 g/mol. The van der Waals surface area contributed by atoms with Gasteiger partial charge < -0.3 is 51.6 Å². The summed E-state index contributed by atoms with van der Waals surface area (Å²) in [5, 5.41) is 60.6. The molecule has 0 aromatic heterocycles. The molecule has 20 nitrogen and oxygen atoms in total. The van der Waals surface area contributed by atoms with Crippen LogP contribution in [0.1, 0.15) is 127 Å². The molecule has 0 aliphatic heterocycles. The van der Waals surface area contributed by atoms with Crippen LogP contribution in [0.5, 0.6) is 5.75 Å². The van der Waals surface area contributed by atoms with Gasteiger partial charge in [0.15, 0.2) is 0 Å². The van der Waals surface area contributed by atoms with E-state index in [0.717, 1.165) is 25.5 Å². The van der Waals surface area contributed by atoms with Gasteiger partial charge in [-0.05, 0) is 106 Å². The maximum atomic E-state index is 14.4. The Balaban J connectivity index is 2.32. The number of hydrogen-bond donors (Lipinski definition) is 9. The maximum Gasteiger partial charge on any atom is 0.326 e. The van der Waals surface area contributed by atoms with Gasteiger partial charge in [0.25, 0.3) is 0 Å². The Morgan fingerprint density at radius 2 is 1.29 bits per heavy atom. The van der Waals surface area contributed by atoms with Gasteiger partial charge in [0.05, 0.1) is 6.54 Å². The molecule has 0 aliphatic carbocycles. The van der Waals surface area contributed by atoms with Crippen LogP contribution in [-0.2, 0) is 56.0 Å². The largest absolute Gasteiger partial charge is 0.508 e. The first-order chi connectivity index (χ1) is 34.7. The number of aromatic hydroxyl groups is 1. The number of amides is 4. The van der Waals surface area contributed by atoms with Crippen LogP contribution < -0.4 is 21.3 Å². The van der Waals surface area contributed by atoms with E-state index in [-0.39, 0.29) is 88.2 Å². The summed E-state index contributed by atoms with van der Waals surface area (Å²) in [5.74, 6) is -7.31. The highest BCUT2D eigenvalue weighted by Gasteiger charge is 2.32. The number of benzene rings is 2. The zero-order valence-corrected chi connectivity index (χ0v) is 43.0. The summed E-state index contributed by atoms with van der Waals surface area (Å²) in [6.07, 6.45) is 5.89. The van der Waals surface area contributed by atoms with E-state index in [1.54, 1.807) is 66.1 Å². The van der Waals surface area contributed by atoms with Crippen molar-refractivity contribution >= 4 is 53.8 Å². The minimum Gasteiger partial charge on any atom is -0.508 e. The molecule has 6 atom stereocenters. The molecule has 73 heavy (non-hydrogen) atoms. The Morgan fingerprint density at radius 3 is 1.90 bits per heavy atom. The summed E-state index contributed by atoms with van der Waals surface area (Å²) >= 11 is 0. The zero-order chi connectivity index (χ0) is 54.3. The number of phenols is 1. The van der Waals surface area contributed by atoms with Gasteiger partial charge in [0, 0.05) is 58.2 Å². The van der Waals surface area contributed by atoms with Crippen LogP contribution in [0.3, 0.4) is 0 Å². The Kier molecular flexibility index (Phi) is 29.9. The van der Waals surface area contributed by atoms with Crippen LogP contribution in [0.4, 0.5) is 0 Å². The lowest BCUT2D eigenvalue weighted by Crippen LogP contribution is -2.57. The van der Waals surface area contributed by atoms with Gasteiger partial charge >= 0.3 is 23.9 Å². The second-order valence-electron chi connectivity index (χ2n) is 19.0. The lowest BCUT2D eigenvalue weighted by atomic mass is 9.90. The predicted octanol–water partition coefficient (Wildman–Crippen LogP) is 4.32. The summed E-state index contributed by atoms with van der Waals surface area (Å²) in [7, 11) is 0. The molecule has 0 fully saturated rings. The summed E-state index contributed by atoms with van der Waals surface area (Å²) in [5.41, 5.74) is 1.66. The van der Waals surface area contributed by atoms with Crippen LogP contribution in [0.15, 0.2) is 48.5 Å². The van der Waals surface area contributed by atoms with Gasteiger partial charge in [-0.1, -0.05) is 76.1 Å². The van der Waals surface area contributed by atoms with Crippen LogP contribution in [0, 0.1) is 18.8 Å². The predicted molar refractivity (Wildman–Crippen MR) is 273 cm³/mol. The second kappa shape index (κ2) is 34.9. The van der Waals surface area contributed by atoms with Gasteiger partial charge in [-0.15, -0.1) is 0 Å². The Bertz CT molecular complexity index is 2070. The molecule has 0 spiro atoms. The number of nitrogens with zero attached hydrogens (tertiary/aromatic N) is 2. The number of carboxylic acids is 4. The number of hydrogen-bond acceptors (Lipinski definition) is 12. The van der Waals surface area contributed by atoms with E-state index in [9.17, 15) is 68.7 Å². The highest BCUT2D eigenvalue weighted by Crippen LogP contribution is 2.22. The second-order valence-corrected chi connectivity index (χ2v) is 19.0. The highest BCUT2D eigenvalue weighted by atomic mass is 16.4. The van der Waals surface area contributed by atoms with Crippen molar-refractivity contribution in [3.8, 4) is 5.75 Å². The number of aldehydes is 1. The first-order valence-electron chi connectivity index (χ1n) is 25.5. The summed E-state index contributed by atoms with van der Waals surface area (Å²) in [4.78, 5) is 117. The van der Waals surface area contributed by atoms with Gasteiger partial charge in [0.2, 0.25) is 23.6 Å². The fourth-order valence-corrected chi connectivity index (χ4v) is 8.40. The fraction of sp³-hybridized carbons (Fsp3) is 0.604. The molecule has 20 heteroatoms. The molecule has 0 aliphatic rings. The number of aliphatic carboxylic acids is 4. The monoisotopic (exact) mass is 1020 g/mol. The Labute approximate surface area is 429 Å². The topological polar surface area (TPSA) is 309 Å². The average Bonchev–Trinajstić information content (AvgIpc) is 3.32. The van der Waals surface area contributed by atoms with E-state index in [2.05, 4.69) is 21.3 Å². The number of unbranched alkanes of at least 4 members (excludes halogenated alkanes) is 5. The first kappa shape index (κ1) is 62.7.